The molecular formula is C39H45FN2O. The third kappa shape index (κ3) is 6.04. The number of phenols is 1. The van der Waals surface area contributed by atoms with Crippen LogP contribution < -0.4 is 4.90 Å². The molecule has 224 valence electrons. The fourth-order valence-corrected chi connectivity index (χ4v) is 7.91. The minimum Gasteiger partial charge on any atom is -0.508 e. The molecule has 0 spiro atoms. The van der Waals surface area contributed by atoms with Crippen LogP contribution in [-0.4, -0.2) is 42.9 Å². The molecule has 0 bridgehead atoms. The van der Waals surface area contributed by atoms with Crippen LogP contribution in [0.1, 0.15) is 84.7 Å². The van der Waals surface area contributed by atoms with E-state index in [4.69, 9.17) is 0 Å². The third-order valence-corrected chi connectivity index (χ3v) is 10.2. The van der Waals surface area contributed by atoms with E-state index in [2.05, 4.69) is 65.3 Å². The first kappa shape index (κ1) is 28.4. The van der Waals surface area contributed by atoms with E-state index in [0.29, 0.717) is 18.1 Å². The number of fused-ring (bicyclic) bond motifs is 1. The number of rotatable bonds is 8. The van der Waals surface area contributed by atoms with Gasteiger partial charge in [-0.3, -0.25) is 4.39 Å². The predicted octanol–water partition coefficient (Wildman–Crippen LogP) is 8.87. The highest BCUT2D eigenvalue weighted by Gasteiger charge is 2.28. The van der Waals surface area contributed by atoms with Gasteiger partial charge in [-0.1, -0.05) is 42.0 Å². The molecule has 3 aromatic carbocycles. The number of likely N-dealkylation sites (tertiary alicyclic amines) is 1. The largest absolute Gasteiger partial charge is 0.508 e. The minimum absolute atomic E-state index is 0.216. The van der Waals surface area contributed by atoms with Crippen LogP contribution in [0.25, 0.3) is 11.1 Å². The van der Waals surface area contributed by atoms with E-state index in [-0.39, 0.29) is 6.67 Å². The van der Waals surface area contributed by atoms with Gasteiger partial charge in [-0.15, -0.1) is 0 Å². The predicted molar refractivity (Wildman–Crippen MR) is 176 cm³/mol. The number of aryl methyl sites for hydroxylation is 2. The lowest BCUT2D eigenvalue weighted by Crippen LogP contribution is -2.22. The van der Waals surface area contributed by atoms with Crippen LogP contribution in [0.5, 0.6) is 5.75 Å². The Hall–Kier alpha value is -3.37. The monoisotopic (exact) mass is 576 g/mol. The van der Waals surface area contributed by atoms with Crippen LogP contribution in [0.3, 0.4) is 0 Å². The van der Waals surface area contributed by atoms with E-state index in [9.17, 15) is 9.50 Å². The molecule has 0 aromatic heterocycles. The molecule has 3 fully saturated rings. The summed E-state index contributed by atoms with van der Waals surface area (Å²) < 4.78 is 12.7. The number of halogens is 1. The second-order valence-electron chi connectivity index (χ2n) is 13.3. The number of benzene rings is 3. The lowest BCUT2D eigenvalue weighted by atomic mass is 9.85. The van der Waals surface area contributed by atoms with Crippen molar-refractivity contribution in [3.05, 3.63) is 105 Å². The number of alkyl halides is 1. The van der Waals surface area contributed by atoms with Crippen molar-refractivity contribution in [1.29, 1.82) is 0 Å². The zero-order chi connectivity index (χ0) is 29.3. The molecule has 1 saturated carbocycles. The number of hydrogen-bond acceptors (Lipinski definition) is 3. The molecule has 3 aromatic rings. The van der Waals surface area contributed by atoms with Crippen molar-refractivity contribution in [3.63, 3.8) is 0 Å². The lowest BCUT2D eigenvalue weighted by Gasteiger charge is -2.23. The fourth-order valence-electron chi connectivity index (χ4n) is 7.91. The average molecular weight is 577 g/mol. The van der Waals surface area contributed by atoms with Crippen molar-refractivity contribution >= 4 is 16.8 Å². The zero-order valence-corrected chi connectivity index (χ0v) is 25.7. The van der Waals surface area contributed by atoms with E-state index in [0.717, 1.165) is 57.4 Å². The smallest absolute Gasteiger partial charge is 0.115 e. The summed E-state index contributed by atoms with van der Waals surface area (Å²) in [6, 6.07) is 22.5. The fraction of sp³-hybridized carbons (Fsp3) is 0.436. The van der Waals surface area contributed by atoms with Crippen molar-refractivity contribution in [2.24, 2.45) is 5.92 Å². The normalized spacial score (nSPS) is 20.6. The van der Waals surface area contributed by atoms with Crippen LogP contribution in [-0.2, 0) is 12.8 Å². The van der Waals surface area contributed by atoms with Gasteiger partial charge in [-0.2, -0.15) is 0 Å². The Kier molecular flexibility index (Phi) is 8.14. The van der Waals surface area contributed by atoms with Crippen molar-refractivity contribution in [1.82, 2.24) is 4.90 Å². The molecule has 43 heavy (non-hydrogen) atoms. The second kappa shape index (κ2) is 12.3. The molecule has 1 atom stereocenters. The van der Waals surface area contributed by atoms with Crippen molar-refractivity contribution in [3.8, 4) is 5.75 Å². The van der Waals surface area contributed by atoms with Crippen molar-refractivity contribution in [2.45, 2.75) is 71.1 Å². The third-order valence-electron chi connectivity index (χ3n) is 10.2. The van der Waals surface area contributed by atoms with Gasteiger partial charge in [0.25, 0.3) is 0 Å². The second-order valence-corrected chi connectivity index (χ2v) is 13.3. The van der Waals surface area contributed by atoms with Crippen LogP contribution in [0.15, 0.2) is 71.9 Å². The Labute approximate surface area is 256 Å². The van der Waals surface area contributed by atoms with E-state index in [1.807, 2.05) is 12.1 Å². The minimum atomic E-state index is -0.216. The summed E-state index contributed by atoms with van der Waals surface area (Å²) >= 11 is 0. The number of allylic oxidation sites excluding steroid dienone is 3. The van der Waals surface area contributed by atoms with Crippen molar-refractivity contribution < 1.29 is 9.50 Å². The number of anilines is 1. The summed E-state index contributed by atoms with van der Waals surface area (Å²) in [5.74, 6) is 0.978. The van der Waals surface area contributed by atoms with Crippen LogP contribution in [0, 0.1) is 12.8 Å². The number of nitrogens with zero attached hydrogens (tertiary/aromatic N) is 2. The Balaban J connectivity index is 1.24. The van der Waals surface area contributed by atoms with Crippen LogP contribution in [0.4, 0.5) is 10.1 Å². The molecule has 4 heteroatoms. The number of phenolic OH excluding ortho intramolecular Hbond substituents is 1. The van der Waals surface area contributed by atoms with Crippen molar-refractivity contribution in [2.75, 3.05) is 37.8 Å². The first-order chi connectivity index (χ1) is 21.1. The van der Waals surface area contributed by atoms with Crippen LogP contribution in [0.2, 0.25) is 0 Å². The van der Waals surface area contributed by atoms with Gasteiger partial charge in [0.2, 0.25) is 0 Å². The molecule has 4 aliphatic rings. The van der Waals surface area contributed by atoms with Gasteiger partial charge in [-0.25, -0.2) is 0 Å². The SMILES string of the molecule is Cc1cc(O)ccc1C1=C(c2ccc(C[C@H]3CCN(CCCF)C3)cc2)c2ccc(N3CCCC3=C3CC3)cc2CCC1. The molecule has 0 amide bonds. The molecule has 7 rings (SSSR count). The maximum absolute atomic E-state index is 12.7. The Morgan fingerprint density at radius 2 is 1.70 bits per heavy atom. The molecule has 1 N–H and O–H groups in total. The summed E-state index contributed by atoms with van der Waals surface area (Å²) in [5.41, 5.74) is 15.2. The number of aromatic hydroxyl groups is 1. The maximum Gasteiger partial charge on any atom is 0.115 e. The summed E-state index contributed by atoms with van der Waals surface area (Å²) in [5, 5.41) is 10.2. The average Bonchev–Trinajstić information content (AvgIpc) is 3.62. The van der Waals surface area contributed by atoms with E-state index in [1.54, 1.807) is 11.3 Å². The quantitative estimate of drug-likeness (QED) is 0.290. The van der Waals surface area contributed by atoms with E-state index in [1.165, 1.54) is 76.8 Å². The van der Waals surface area contributed by atoms with Gasteiger partial charge in [0, 0.05) is 31.0 Å². The van der Waals surface area contributed by atoms with Gasteiger partial charge < -0.3 is 14.9 Å². The standard InChI is InChI=1S/C39H45FN2O/c1-27-23-34(43)15-17-35(27)37-6-2-5-32-25-33(42-21-3-7-38(42)30-12-13-30)14-16-36(32)39(37)31-10-8-28(9-11-31)24-29-18-22-41(26-29)20-4-19-40/h8-11,14-17,23,25,29,43H,2-7,12-13,18-22,24,26H2,1H3/t29-/m1/s1. The van der Waals surface area contributed by atoms with E-state index >= 15 is 0 Å². The first-order valence-electron chi connectivity index (χ1n) is 16.6. The Morgan fingerprint density at radius 1 is 0.860 bits per heavy atom. The lowest BCUT2D eigenvalue weighted by molar-refractivity contribution is 0.301. The molecule has 2 aliphatic heterocycles. The topological polar surface area (TPSA) is 26.7 Å². The summed E-state index contributed by atoms with van der Waals surface area (Å²) in [6.07, 6.45) is 11.2. The zero-order valence-electron chi connectivity index (χ0n) is 25.7. The van der Waals surface area contributed by atoms with Crippen LogP contribution >= 0.6 is 0 Å². The first-order valence-corrected chi connectivity index (χ1v) is 16.6. The highest BCUT2D eigenvalue weighted by molar-refractivity contribution is 6.00. The highest BCUT2D eigenvalue weighted by atomic mass is 19.1. The van der Waals surface area contributed by atoms with Gasteiger partial charge in [-0.05, 0) is 152 Å². The molecule has 3 nitrogen and oxygen atoms in total. The summed E-state index contributed by atoms with van der Waals surface area (Å²) in [4.78, 5) is 5.02. The molecule has 2 aliphatic carbocycles. The van der Waals surface area contributed by atoms with Gasteiger partial charge >= 0.3 is 0 Å². The summed E-state index contributed by atoms with van der Waals surface area (Å²) in [6.45, 7) is 6.11. The van der Waals surface area contributed by atoms with Gasteiger partial charge in [0.1, 0.15) is 5.75 Å². The molecule has 0 unspecified atom stereocenters. The Bertz CT molecular complexity index is 1550. The molecular weight excluding hydrogens is 531 g/mol. The molecule has 2 heterocycles. The van der Waals surface area contributed by atoms with Gasteiger partial charge in [0.05, 0.1) is 6.67 Å². The highest BCUT2D eigenvalue weighted by Crippen LogP contribution is 2.44. The number of hydrogen-bond donors (Lipinski definition) is 1. The van der Waals surface area contributed by atoms with E-state index < -0.39 is 0 Å². The van der Waals surface area contributed by atoms with Gasteiger partial charge in [0.15, 0.2) is 0 Å². The summed E-state index contributed by atoms with van der Waals surface area (Å²) in [7, 11) is 0. The maximum atomic E-state index is 12.7. The Morgan fingerprint density at radius 3 is 2.49 bits per heavy atom. The molecule has 0 radical (unpaired) electrons. The molecule has 2 saturated heterocycles.